The van der Waals surface area contributed by atoms with Crippen LogP contribution in [0.4, 0.5) is 0 Å². The fraction of sp³-hybridized carbons (Fsp3) is 0.429. The van der Waals surface area contributed by atoms with Gasteiger partial charge in [0, 0.05) is 31.2 Å². The van der Waals surface area contributed by atoms with Gasteiger partial charge in [0.1, 0.15) is 6.33 Å². The first kappa shape index (κ1) is 13.7. The molecule has 1 aliphatic rings. The molecule has 1 aromatic carbocycles. The van der Waals surface area contributed by atoms with Crippen LogP contribution in [0.1, 0.15) is 17.3 Å². The number of carbonyl (C=O) groups is 1. The van der Waals surface area contributed by atoms with Gasteiger partial charge in [0.05, 0.1) is 5.69 Å². The van der Waals surface area contributed by atoms with E-state index in [1.807, 2.05) is 29.2 Å². The first-order valence-corrected chi connectivity index (χ1v) is 6.98. The molecule has 1 saturated heterocycles. The molecule has 1 aromatic heterocycles. The third kappa shape index (κ3) is 2.78. The fourth-order valence-corrected chi connectivity index (χ4v) is 2.67. The summed E-state index contributed by atoms with van der Waals surface area (Å²) in [5.41, 5.74) is 1.45. The molecule has 0 saturated carbocycles. The maximum Gasteiger partial charge on any atom is 0.254 e. The van der Waals surface area contributed by atoms with Gasteiger partial charge in [0.15, 0.2) is 0 Å². The van der Waals surface area contributed by atoms with Crippen LogP contribution in [0.25, 0.3) is 5.69 Å². The van der Waals surface area contributed by atoms with Crippen LogP contribution in [-0.4, -0.2) is 68.6 Å². The molecule has 2 heterocycles. The summed E-state index contributed by atoms with van der Waals surface area (Å²) in [7, 11) is 2.08. The minimum atomic E-state index is 0.0607. The number of rotatable bonds is 2. The first-order valence-electron chi connectivity index (χ1n) is 6.98. The molecule has 3 rings (SSSR count). The molecule has 0 N–H and O–H groups in total. The Bertz CT molecular complexity index is 626. The summed E-state index contributed by atoms with van der Waals surface area (Å²) in [6.07, 6.45) is 1.52. The highest BCUT2D eigenvalue weighted by atomic mass is 16.2. The first-order chi connectivity index (χ1) is 10.1. The van der Waals surface area contributed by atoms with Crippen LogP contribution in [0.3, 0.4) is 0 Å². The van der Waals surface area contributed by atoms with Gasteiger partial charge in [-0.05, 0) is 42.6 Å². The van der Waals surface area contributed by atoms with E-state index in [2.05, 4.69) is 34.4 Å². The molecular weight excluding hydrogens is 268 g/mol. The average molecular weight is 286 g/mol. The lowest BCUT2D eigenvalue weighted by molar-refractivity contribution is 0.0533. The number of benzene rings is 1. The number of carbonyl (C=O) groups excluding carboxylic acids is 1. The van der Waals surface area contributed by atoms with Crippen LogP contribution in [0.5, 0.6) is 0 Å². The van der Waals surface area contributed by atoms with Crippen molar-refractivity contribution in [1.29, 1.82) is 0 Å². The van der Waals surface area contributed by atoms with Gasteiger partial charge in [0.2, 0.25) is 0 Å². The summed E-state index contributed by atoms with van der Waals surface area (Å²) >= 11 is 0. The van der Waals surface area contributed by atoms with Crippen molar-refractivity contribution in [3.05, 3.63) is 36.2 Å². The van der Waals surface area contributed by atoms with Gasteiger partial charge >= 0.3 is 0 Å². The van der Waals surface area contributed by atoms with Gasteiger partial charge in [-0.15, -0.1) is 5.10 Å². The number of hydrogen-bond donors (Lipinski definition) is 0. The third-order valence-corrected chi connectivity index (χ3v) is 3.80. The smallest absolute Gasteiger partial charge is 0.254 e. The van der Waals surface area contributed by atoms with E-state index in [-0.39, 0.29) is 11.9 Å². The SMILES string of the molecule is C[C@@H]1CN(C)CCN1C(=O)c1cccc(-n2cnnn2)c1. The van der Waals surface area contributed by atoms with Crippen molar-refractivity contribution in [3.8, 4) is 5.69 Å². The number of amides is 1. The Balaban J connectivity index is 1.83. The molecule has 2 aromatic rings. The van der Waals surface area contributed by atoms with Crippen LogP contribution in [0, 0.1) is 0 Å². The molecule has 0 aliphatic carbocycles. The maximum atomic E-state index is 12.7. The normalized spacial score (nSPS) is 19.7. The number of tetrazole rings is 1. The second-order valence-electron chi connectivity index (χ2n) is 5.41. The molecule has 0 unspecified atom stereocenters. The van der Waals surface area contributed by atoms with Crippen LogP contribution < -0.4 is 0 Å². The molecule has 1 atom stereocenters. The van der Waals surface area contributed by atoms with E-state index >= 15 is 0 Å². The maximum absolute atomic E-state index is 12.7. The predicted octanol–water partition coefficient (Wildman–Crippen LogP) is 0.438. The molecule has 1 amide bonds. The third-order valence-electron chi connectivity index (χ3n) is 3.80. The molecule has 1 fully saturated rings. The van der Waals surface area contributed by atoms with Crippen molar-refractivity contribution in [3.63, 3.8) is 0 Å². The van der Waals surface area contributed by atoms with Crippen molar-refractivity contribution in [1.82, 2.24) is 30.0 Å². The Morgan fingerprint density at radius 2 is 2.19 bits per heavy atom. The highest BCUT2D eigenvalue weighted by molar-refractivity contribution is 5.95. The van der Waals surface area contributed by atoms with Gasteiger partial charge in [-0.1, -0.05) is 6.07 Å². The van der Waals surface area contributed by atoms with Crippen LogP contribution in [-0.2, 0) is 0 Å². The highest BCUT2D eigenvalue weighted by Crippen LogP contribution is 2.15. The van der Waals surface area contributed by atoms with Crippen LogP contribution in [0.2, 0.25) is 0 Å². The Labute approximate surface area is 123 Å². The molecule has 1 aliphatic heterocycles. The Morgan fingerprint density at radius 3 is 2.90 bits per heavy atom. The summed E-state index contributed by atoms with van der Waals surface area (Å²) in [5.74, 6) is 0.0607. The molecule has 0 spiro atoms. The standard InChI is InChI=1S/C14H18N6O/c1-11-9-18(2)6-7-19(11)14(21)12-4-3-5-13(8-12)20-10-15-16-17-20/h3-5,8,10-11H,6-7,9H2,1-2H3/t11-/m1/s1. The second-order valence-corrected chi connectivity index (χ2v) is 5.41. The number of aromatic nitrogens is 4. The van der Waals surface area contributed by atoms with Crippen molar-refractivity contribution >= 4 is 5.91 Å². The summed E-state index contributed by atoms with van der Waals surface area (Å²) in [4.78, 5) is 16.9. The summed E-state index contributed by atoms with van der Waals surface area (Å²) in [6.45, 7) is 4.64. The molecular formula is C14H18N6O. The van der Waals surface area contributed by atoms with Gasteiger partial charge < -0.3 is 9.80 Å². The largest absolute Gasteiger partial charge is 0.333 e. The van der Waals surface area contributed by atoms with Gasteiger partial charge in [-0.25, -0.2) is 4.68 Å². The van der Waals surface area contributed by atoms with Crippen molar-refractivity contribution in [2.24, 2.45) is 0 Å². The number of piperazine rings is 1. The van der Waals surface area contributed by atoms with E-state index < -0.39 is 0 Å². The summed E-state index contributed by atoms with van der Waals surface area (Å²) in [5, 5.41) is 11.1. The molecule has 21 heavy (non-hydrogen) atoms. The van der Waals surface area contributed by atoms with Gasteiger partial charge in [-0.2, -0.15) is 0 Å². The Kier molecular flexibility index (Phi) is 3.66. The van der Waals surface area contributed by atoms with Gasteiger partial charge in [0.25, 0.3) is 5.91 Å². The monoisotopic (exact) mass is 286 g/mol. The minimum Gasteiger partial charge on any atom is -0.333 e. The lowest BCUT2D eigenvalue weighted by atomic mass is 10.1. The van der Waals surface area contributed by atoms with Crippen molar-refractivity contribution < 1.29 is 4.79 Å². The van der Waals surface area contributed by atoms with E-state index in [1.54, 1.807) is 4.68 Å². The van der Waals surface area contributed by atoms with Crippen LogP contribution in [0.15, 0.2) is 30.6 Å². The van der Waals surface area contributed by atoms with Crippen molar-refractivity contribution in [2.75, 3.05) is 26.7 Å². The second kappa shape index (κ2) is 5.61. The molecule has 110 valence electrons. The molecule has 7 heteroatoms. The molecule has 7 nitrogen and oxygen atoms in total. The summed E-state index contributed by atoms with van der Waals surface area (Å²) in [6, 6.07) is 7.60. The number of hydrogen-bond acceptors (Lipinski definition) is 5. The number of likely N-dealkylation sites (N-methyl/N-ethyl adjacent to an activating group) is 1. The Morgan fingerprint density at radius 1 is 1.33 bits per heavy atom. The van der Waals surface area contributed by atoms with E-state index in [9.17, 15) is 4.79 Å². The average Bonchev–Trinajstić information content (AvgIpc) is 3.01. The van der Waals surface area contributed by atoms with Crippen LogP contribution >= 0.6 is 0 Å². The lowest BCUT2D eigenvalue weighted by Gasteiger charge is -2.38. The molecule has 0 bridgehead atoms. The zero-order valence-corrected chi connectivity index (χ0v) is 12.2. The summed E-state index contributed by atoms with van der Waals surface area (Å²) < 4.78 is 1.55. The molecule has 0 radical (unpaired) electrons. The highest BCUT2D eigenvalue weighted by Gasteiger charge is 2.26. The lowest BCUT2D eigenvalue weighted by Crippen LogP contribution is -2.52. The van der Waals surface area contributed by atoms with E-state index in [0.717, 1.165) is 25.3 Å². The minimum absolute atomic E-state index is 0.0607. The quantitative estimate of drug-likeness (QED) is 0.801. The topological polar surface area (TPSA) is 67.2 Å². The van der Waals surface area contributed by atoms with Crippen molar-refractivity contribution in [2.45, 2.75) is 13.0 Å². The van der Waals surface area contributed by atoms with E-state index in [4.69, 9.17) is 0 Å². The van der Waals surface area contributed by atoms with E-state index in [0.29, 0.717) is 5.56 Å². The zero-order valence-electron chi connectivity index (χ0n) is 12.2. The zero-order chi connectivity index (χ0) is 14.8. The van der Waals surface area contributed by atoms with Gasteiger partial charge in [-0.3, -0.25) is 4.79 Å². The number of nitrogens with zero attached hydrogens (tertiary/aromatic N) is 6. The Hall–Kier alpha value is -2.28. The fourth-order valence-electron chi connectivity index (χ4n) is 2.67. The van der Waals surface area contributed by atoms with E-state index in [1.165, 1.54) is 6.33 Å². The predicted molar refractivity (Wildman–Crippen MR) is 77.1 cm³/mol.